The summed E-state index contributed by atoms with van der Waals surface area (Å²) in [5.74, 6) is 0.761. The first-order chi connectivity index (χ1) is 8.61. The molecule has 100 valence electrons. The summed E-state index contributed by atoms with van der Waals surface area (Å²) < 4.78 is 0. The Balaban J connectivity index is 2.12. The Morgan fingerprint density at radius 1 is 1.39 bits per heavy atom. The summed E-state index contributed by atoms with van der Waals surface area (Å²) in [4.78, 5) is 0. The molecule has 1 saturated heterocycles. The van der Waals surface area contributed by atoms with E-state index in [9.17, 15) is 5.11 Å². The molecule has 2 heteroatoms. The predicted molar refractivity (Wildman–Crippen MR) is 75.7 cm³/mol. The van der Waals surface area contributed by atoms with E-state index < -0.39 is 0 Å². The van der Waals surface area contributed by atoms with Crippen molar-refractivity contribution in [2.24, 2.45) is 5.92 Å². The molecule has 2 N–H and O–H groups in total. The van der Waals surface area contributed by atoms with E-state index in [0.717, 1.165) is 24.4 Å². The van der Waals surface area contributed by atoms with E-state index >= 15 is 0 Å². The molecule has 3 unspecified atom stereocenters. The summed E-state index contributed by atoms with van der Waals surface area (Å²) in [6.07, 6.45) is 3.18. The lowest BCUT2D eigenvalue weighted by atomic mass is 9.85. The minimum atomic E-state index is -0.375. The van der Waals surface area contributed by atoms with Gasteiger partial charge in [-0.1, -0.05) is 37.1 Å². The van der Waals surface area contributed by atoms with Crippen molar-refractivity contribution in [1.29, 1.82) is 0 Å². The Morgan fingerprint density at radius 2 is 2.17 bits per heavy atom. The van der Waals surface area contributed by atoms with Crippen LogP contribution < -0.4 is 5.32 Å². The monoisotopic (exact) mass is 247 g/mol. The summed E-state index contributed by atoms with van der Waals surface area (Å²) in [7, 11) is 0. The van der Waals surface area contributed by atoms with Gasteiger partial charge in [0.2, 0.25) is 0 Å². The number of aliphatic hydroxyl groups is 1. The zero-order chi connectivity index (χ0) is 13.1. The summed E-state index contributed by atoms with van der Waals surface area (Å²) in [5.41, 5.74) is 3.53. The molecule has 0 saturated carbocycles. The maximum atomic E-state index is 10.6. The molecule has 0 amide bonds. The molecule has 0 aliphatic carbocycles. The van der Waals surface area contributed by atoms with Gasteiger partial charge in [0.05, 0.1) is 6.10 Å². The van der Waals surface area contributed by atoms with E-state index in [4.69, 9.17) is 0 Å². The van der Waals surface area contributed by atoms with Crippen molar-refractivity contribution in [3.8, 4) is 0 Å². The summed E-state index contributed by atoms with van der Waals surface area (Å²) in [6, 6.07) is 6.53. The van der Waals surface area contributed by atoms with Crippen LogP contribution >= 0.6 is 0 Å². The predicted octanol–water partition coefficient (Wildman–Crippen LogP) is 3.12. The fraction of sp³-hybridized carbons (Fsp3) is 0.625. The third-order valence-electron chi connectivity index (χ3n) is 4.25. The smallest absolute Gasteiger partial charge is 0.0945 e. The average molecular weight is 247 g/mol. The van der Waals surface area contributed by atoms with Gasteiger partial charge in [-0.25, -0.2) is 0 Å². The van der Waals surface area contributed by atoms with Crippen LogP contribution in [0.15, 0.2) is 18.2 Å². The minimum Gasteiger partial charge on any atom is -0.387 e. The first kappa shape index (κ1) is 13.6. The zero-order valence-corrected chi connectivity index (χ0v) is 11.7. The van der Waals surface area contributed by atoms with Gasteiger partial charge >= 0.3 is 0 Å². The van der Waals surface area contributed by atoms with Gasteiger partial charge < -0.3 is 10.4 Å². The molecule has 2 rings (SSSR count). The summed E-state index contributed by atoms with van der Waals surface area (Å²) >= 11 is 0. The van der Waals surface area contributed by atoms with Crippen LogP contribution in [0, 0.1) is 19.8 Å². The number of nitrogens with one attached hydrogen (secondary N) is 1. The van der Waals surface area contributed by atoms with Gasteiger partial charge in [0, 0.05) is 6.04 Å². The largest absolute Gasteiger partial charge is 0.387 e. The Morgan fingerprint density at radius 3 is 2.83 bits per heavy atom. The molecule has 1 aromatic rings. The number of benzene rings is 1. The van der Waals surface area contributed by atoms with Crippen LogP contribution in [0.5, 0.6) is 0 Å². The fourth-order valence-electron chi connectivity index (χ4n) is 3.02. The highest BCUT2D eigenvalue weighted by molar-refractivity contribution is 5.32. The Hall–Kier alpha value is -0.860. The number of rotatable bonds is 3. The van der Waals surface area contributed by atoms with Crippen molar-refractivity contribution < 1.29 is 5.11 Å². The summed E-state index contributed by atoms with van der Waals surface area (Å²) in [5, 5.41) is 14.0. The third kappa shape index (κ3) is 2.93. The van der Waals surface area contributed by atoms with Crippen LogP contribution in [-0.2, 0) is 0 Å². The van der Waals surface area contributed by atoms with Crippen LogP contribution in [0.4, 0.5) is 0 Å². The van der Waals surface area contributed by atoms with Crippen LogP contribution in [0.3, 0.4) is 0 Å². The SMILES string of the molecule is CCC1CCNC(C(O)c2ccc(C)cc2C)C1. The highest BCUT2D eigenvalue weighted by Crippen LogP contribution is 2.29. The highest BCUT2D eigenvalue weighted by atomic mass is 16.3. The normalized spacial score (nSPS) is 26.0. The van der Waals surface area contributed by atoms with Gasteiger partial charge in [-0.15, -0.1) is 0 Å². The fourth-order valence-corrected chi connectivity index (χ4v) is 3.02. The molecule has 2 nitrogen and oxygen atoms in total. The third-order valence-corrected chi connectivity index (χ3v) is 4.25. The zero-order valence-electron chi connectivity index (χ0n) is 11.7. The Labute approximate surface area is 110 Å². The molecule has 0 aromatic heterocycles. The van der Waals surface area contributed by atoms with Crippen molar-refractivity contribution in [2.45, 2.75) is 52.2 Å². The van der Waals surface area contributed by atoms with Crippen LogP contribution in [0.2, 0.25) is 0 Å². The number of hydrogen-bond acceptors (Lipinski definition) is 2. The van der Waals surface area contributed by atoms with E-state index in [1.54, 1.807) is 0 Å². The second-order valence-electron chi connectivity index (χ2n) is 5.66. The van der Waals surface area contributed by atoms with Crippen molar-refractivity contribution in [1.82, 2.24) is 5.32 Å². The Kier molecular flexibility index (Phi) is 4.41. The second kappa shape index (κ2) is 5.85. The number of piperidine rings is 1. The van der Waals surface area contributed by atoms with Crippen molar-refractivity contribution in [3.63, 3.8) is 0 Å². The molecule has 0 radical (unpaired) electrons. The van der Waals surface area contributed by atoms with Crippen LogP contribution in [0.25, 0.3) is 0 Å². The maximum Gasteiger partial charge on any atom is 0.0945 e. The van der Waals surface area contributed by atoms with Gasteiger partial charge in [-0.05, 0) is 50.3 Å². The van der Waals surface area contributed by atoms with Gasteiger partial charge in [-0.3, -0.25) is 0 Å². The molecular formula is C16H25NO. The van der Waals surface area contributed by atoms with Gasteiger partial charge in [0.25, 0.3) is 0 Å². The van der Waals surface area contributed by atoms with E-state index in [2.05, 4.69) is 44.3 Å². The molecule has 0 bridgehead atoms. The standard InChI is InChI=1S/C16H25NO/c1-4-13-7-8-17-15(10-13)16(18)14-6-5-11(2)9-12(14)3/h5-6,9,13,15-18H,4,7-8,10H2,1-3H3. The number of aryl methyl sites for hydroxylation is 2. The molecule has 1 aliphatic heterocycles. The number of hydrogen-bond donors (Lipinski definition) is 2. The molecule has 1 aromatic carbocycles. The molecule has 3 atom stereocenters. The summed E-state index contributed by atoms with van der Waals surface area (Å²) in [6.45, 7) is 7.46. The molecule has 1 heterocycles. The quantitative estimate of drug-likeness (QED) is 0.860. The van der Waals surface area contributed by atoms with Crippen LogP contribution in [-0.4, -0.2) is 17.7 Å². The van der Waals surface area contributed by atoms with Gasteiger partial charge in [-0.2, -0.15) is 0 Å². The van der Waals surface area contributed by atoms with E-state index in [1.165, 1.54) is 24.0 Å². The Bertz CT molecular complexity index is 402. The van der Waals surface area contributed by atoms with E-state index in [-0.39, 0.29) is 12.1 Å². The second-order valence-corrected chi connectivity index (χ2v) is 5.66. The molecule has 1 fully saturated rings. The molecule has 18 heavy (non-hydrogen) atoms. The number of aliphatic hydroxyl groups excluding tert-OH is 1. The lowest BCUT2D eigenvalue weighted by molar-refractivity contribution is 0.0974. The first-order valence-electron chi connectivity index (χ1n) is 7.10. The molecule has 1 aliphatic rings. The average Bonchev–Trinajstić information content (AvgIpc) is 2.38. The molecular weight excluding hydrogens is 222 g/mol. The maximum absolute atomic E-state index is 10.6. The van der Waals surface area contributed by atoms with E-state index in [1.807, 2.05) is 0 Å². The topological polar surface area (TPSA) is 32.3 Å². The van der Waals surface area contributed by atoms with Crippen LogP contribution in [0.1, 0.15) is 49.0 Å². The molecule has 0 spiro atoms. The van der Waals surface area contributed by atoms with Gasteiger partial charge in [0.1, 0.15) is 0 Å². The lowest BCUT2D eigenvalue weighted by Gasteiger charge is -2.33. The lowest BCUT2D eigenvalue weighted by Crippen LogP contribution is -2.42. The van der Waals surface area contributed by atoms with Crippen molar-refractivity contribution in [3.05, 3.63) is 34.9 Å². The first-order valence-corrected chi connectivity index (χ1v) is 7.10. The van der Waals surface area contributed by atoms with Crippen molar-refractivity contribution >= 4 is 0 Å². The van der Waals surface area contributed by atoms with E-state index in [0.29, 0.717) is 0 Å². The minimum absolute atomic E-state index is 0.213. The van der Waals surface area contributed by atoms with Crippen molar-refractivity contribution in [2.75, 3.05) is 6.54 Å². The highest BCUT2D eigenvalue weighted by Gasteiger charge is 2.27. The van der Waals surface area contributed by atoms with Gasteiger partial charge in [0.15, 0.2) is 0 Å².